The van der Waals surface area contributed by atoms with E-state index in [1.54, 1.807) is 6.20 Å². The molecule has 3 heterocycles. The van der Waals surface area contributed by atoms with E-state index in [1.165, 1.54) is 6.42 Å². The Hall–Kier alpha value is -1.42. The summed E-state index contributed by atoms with van der Waals surface area (Å²) in [4.78, 5) is 18.7. The molecule has 2 unspecified atom stereocenters. The fourth-order valence-electron chi connectivity index (χ4n) is 3.14. The lowest BCUT2D eigenvalue weighted by atomic mass is 9.92. The number of nitrogens with one attached hydrogen (secondary N) is 1. The van der Waals surface area contributed by atoms with Crippen molar-refractivity contribution in [1.29, 1.82) is 0 Å². The van der Waals surface area contributed by atoms with Crippen molar-refractivity contribution in [2.75, 3.05) is 19.6 Å². The SMILES string of the molecule is O=C(Cc1ccccn1)N1CCCC2CNCC21. The van der Waals surface area contributed by atoms with Crippen LogP contribution in [-0.4, -0.2) is 41.5 Å². The van der Waals surface area contributed by atoms with E-state index in [9.17, 15) is 4.79 Å². The van der Waals surface area contributed by atoms with E-state index in [-0.39, 0.29) is 5.91 Å². The van der Waals surface area contributed by atoms with Gasteiger partial charge in [0.1, 0.15) is 0 Å². The van der Waals surface area contributed by atoms with Gasteiger partial charge in [0.2, 0.25) is 5.91 Å². The second-order valence-corrected chi connectivity index (χ2v) is 5.21. The van der Waals surface area contributed by atoms with Gasteiger partial charge in [-0.05, 0) is 30.9 Å². The van der Waals surface area contributed by atoms with Gasteiger partial charge in [0.05, 0.1) is 6.42 Å². The molecule has 2 fully saturated rings. The van der Waals surface area contributed by atoms with E-state index < -0.39 is 0 Å². The Labute approximate surface area is 107 Å². The third kappa shape index (κ3) is 2.25. The Morgan fingerprint density at radius 2 is 2.39 bits per heavy atom. The minimum Gasteiger partial charge on any atom is -0.338 e. The molecule has 1 N–H and O–H groups in total. The van der Waals surface area contributed by atoms with Gasteiger partial charge in [-0.3, -0.25) is 9.78 Å². The number of piperidine rings is 1. The smallest absolute Gasteiger partial charge is 0.228 e. The number of nitrogens with zero attached hydrogens (tertiary/aromatic N) is 2. The summed E-state index contributed by atoms with van der Waals surface area (Å²) < 4.78 is 0. The van der Waals surface area contributed by atoms with Crippen molar-refractivity contribution in [3.05, 3.63) is 30.1 Å². The molecule has 2 aliphatic heterocycles. The highest BCUT2D eigenvalue weighted by molar-refractivity contribution is 5.78. The lowest BCUT2D eigenvalue weighted by Crippen LogP contribution is -2.48. The van der Waals surface area contributed by atoms with Crippen molar-refractivity contribution in [2.45, 2.75) is 25.3 Å². The Morgan fingerprint density at radius 3 is 3.22 bits per heavy atom. The van der Waals surface area contributed by atoms with E-state index in [2.05, 4.69) is 15.2 Å². The van der Waals surface area contributed by atoms with Gasteiger partial charge in [0.25, 0.3) is 0 Å². The maximum Gasteiger partial charge on any atom is 0.228 e. The van der Waals surface area contributed by atoms with Crippen LogP contribution in [0.15, 0.2) is 24.4 Å². The molecule has 1 aromatic heterocycles. The highest BCUT2D eigenvalue weighted by Crippen LogP contribution is 2.26. The molecule has 1 aromatic rings. The van der Waals surface area contributed by atoms with Gasteiger partial charge < -0.3 is 10.2 Å². The average molecular weight is 245 g/mol. The predicted octanol–water partition coefficient (Wildman–Crippen LogP) is 0.834. The first-order valence-corrected chi connectivity index (χ1v) is 6.74. The van der Waals surface area contributed by atoms with Gasteiger partial charge in [0, 0.05) is 37.6 Å². The van der Waals surface area contributed by atoms with Crippen molar-refractivity contribution in [1.82, 2.24) is 15.2 Å². The maximum absolute atomic E-state index is 12.4. The fourth-order valence-corrected chi connectivity index (χ4v) is 3.14. The highest BCUT2D eigenvalue weighted by Gasteiger charge is 2.37. The summed E-state index contributed by atoms with van der Waals surface area (Å²) in [6.45, 7) is 2.94. The molecule has 0 bridgehead atoms. The average Bonchev–Trinajstić information content (AvgIpc) is 2.87. The molecule has 2 saturated heterocycles. The third-order valence-corrected chi connectivity index (χ3v) is 4.06. The quantitative estimate of drug-likeness (QED) is 0.839. The summed E-state index contributed by atoms with van der Waals surface area (Å²) >= 11 is 0. The van der Waals surface area contributed by atoms with Crippen molar-refractivity contribution < 1.29 is 4.79 Å². The van der Waals surface area contributed by atoms with Gasteiger partial charge in [-0.2, -0.15) is 0 Å². The van der Waals surface area contributed by atoms with Crippen LogP contribution in [0.4, 0.5) is 0 Å². The highest BCUT2D eigenvalue weighted by atomic mass is 16.2. The lowest BCUT2D eigenvalue weighted by Gasteiger charge is -2.37. The van der Waals surface area contributed by atoms with Crippen LogP contribution < -0.4 is 5.32 Å². The van der Waals surface area contributed by atoms with Crippen LogP contribution in [0, 0.1) is 5.92 Å². The molecule has 2 atom stereocenters. The van der Waals surface area contributed by atoms with Crippen molar-refractivity contribution in [3.63, 3.8) is 0 Å². The molecule has 3 rings (SSSR count). The van der Waals surface area contributed by atoms with Crippen LogP contribution in [-0.2, 0) is 11.2 Å². The number of rotatable bonds is 2. The second-order valence-electron chi connectivity index (χ2n) is 5.21. The number of carbonyl (C=O) groups excluding carboxylic acids is 1. The molecule has 0 aliphatic carbocycles. The second kappa shape index (κ2) is 5.06. The van der Waals surface area contributed by atoms with E-state index >= 15 is 0 Å². The summed E-state index contributed by atoms with van der Waals surface area (Å²) in [7, 11) is 0. The van der Waals surface area contributed by atoms with Gasteiger partial charge in [0.15, 0.2) is 0 Å². The number of hydrogen-bond donors (Lipinski definition) is 1. The summed E-state index contributed by atoms with van der Waals surface area (Å²) in [6, 6.07) is 6.15. The third-order valence-electron chi connectivity index (χ3n) is 4.06. The molecule has 96 valence electrons. The number of hydrogen-bond acceptors (Lipinski definition) is 3. The molecule has 0 spiro atoms. The molecule has 4 heteroatoms. The molecule has 0 radical (unpaired) electrons. The fraction of sp³-hybridized carbons (Fsp3) is 0.571. The van der Waals surface area contributed by atoms with Crippen LogP contribution in [0.5, 0.6) is 0 Å². The van der Waals surface area contributed by atoms with Crippen LogP contribution in [0.25, 0.3) is 0 Å². The van der Waals surface area contributed by atoms with Crippen LogP contribution in [0.1, 0.15) is 18.5 Å². The normalized spacial score (nSPS) is 27.0. The zero-order valence-corrected chi connectivity index (χ0v) is 10.5. The van der Waals surface area contributed by atoms with Crippen LogP contribution in [0.2, 0.25) is 0 Å². The number of aromatic nitrogens is 1. The number of fused-ring (bicyclic) bond motifs is 1. The van der Waals surface area contributed by atoms with E-state index in [0.717, 1.165) is 31.7 Å². The molecule has 2 aliphatic rings. The summed E-state index contributed by atoms with van der Waals surface area (Å²) in [5, 5.41) is 3.40. The topological polar surface area (TPSA) is 45.2 Å². The minimum atomic E-state index is 0.229. The number of carbonyl (C=O) groups is 1. The lowest BCUT2D eigenvalue weighted by molar-refractivity contribution is -0.134. The van der Waals surface area contributed by atoms with Gasteiger partial charge in [-0.15, -0.1) is 0 Å². The first-order chi connectivity index (χ1) is 8.84. The van der Waals surface area contributed by atoms with Crippen LogP contribution in [0.3, 0.4) is 0 Å². The van der Waals surface area contributed by atoms with E-state index in [0.29, 0.717) is 18.4 Å². The predicted molar refractivity (Wildman–Crippen MR) is 69.0 cm³/mol. The van der Waals surface area contributed by atoms with E-state index in [1.807, 2.05) is 18.2 Å². The number of pyridine rings is 1. The summed E-state index contributed by atoms with van der Waals surface area (Å²) in [5.41, 5.74) is 0.871. The molecule has 4 nitrogen and oxygen atoms in total. The molecular weight excluding hydrogens is 226 g/mol. The molecule has 0 aromatic carbocycles. The maximum atomic E-state index is 12.4. The zero-order valence-electron chi connectivity index (χ0n) is 10.5. The monoisotopic (exact) mass is 245 g/mol. The minimum absolute atomic E-state index is 0.229. The van der Waals surface area contributed by atoms with Crippen molar-refractivity contribution in [2.24, 2.45) is 5.92 Å². The van der Waals surface area contributed by atoms with Crippen molar-refractivity contribution in [3.8, 4) is 0 Å². The van der Waals surface area contributed by atoms with Gasteiger partial charge >= 0.3 is 0 Å². The summed E-state index contributed by atoms with van der Waals surface area (Å²) in [5.74, 6) is 0.888. The van der Waals surface area contributed by atoms with Crippen molar-refractivity contribution >= 4 is 5.91 Å². The Morgan fingerprint density at radius 1 is 1.44 bits per heavy atom. The van der Waals surface area contributed by atoms with E-state index in [4.69, 9.17) is 0 Å². The molecular formula is C14H19N3O. The summed E-state index contributed by atoms with van der Waals surface area (Å²) in [6.07, 6.45) is 4.57. The number of likely N-dealkylation sites (tertiary alicyclic amines) is 1. The molecule has 0 saturated carbocycles. The first kappa shape index (κ1) is 11.7. The largest absolute Gasteiger partial charge is 0.338 e. The Bertz CT molecular complexity index is 420. The standard InChI is InChI=1S/C14H19N3O/c18-14(8-12-5-1-2-6-16-12)17-7-3-4-11-9-15-10-13(11)17/h1-2,5-6,11,13,15H,3-4,7-10H2. The molecule has 1 amide bonds. The van der Waals surface area contributed by atoms with Gasteiger partial charge in [-0.25, -0.2) is 0 Å². The zero-order chi connectivity index (χ0) is 12.4. The Balaban J connectivity index is 1.68. The molecule has 18 heavy (non-hydrogen) atoms. The van der Waals surface area contributed by atoms with Crippen LogP contribution >= 0.6 is 0 Å². The number of amides is 1. The Kier molecular flexibility index (Phi) is 3.28. The first-order valence-electron chi connectivity index (χ1n) is 6.74. The van der Waals surface area contributed by atoms with Gasteiger partial charge in [-0.1, -0.05) is 6.07 Å².